The number of nitrogens with one attached hydrogen (secondary N) is 1. The van der Waals surface area contributed by atoms with Crippen molar-refractivity contribution < 1.29 is 13.2 Å². The minimum Gasteiger partial charge on any atom is -0.325 e. The van der Waals surface area contributed by atoms with Crippen LogP contribution in [0.1, 0.15) is 25.3 Å². The second kappa shape index (κ2) is 7.40. The number of hydrogen-bond donors (Lipinski definition) is 1. The maximum Gasteiger partial charge on any atom is 0.239 e. The van der Waals surface area contributed by atoms with Crippen molar-refractivity contribution in [1.82, 2.24) is 4.31 Å². The van der Waals surface area contributed by atoms with Gasteiger partial charge in [-0.15, -0.1) is 0 Å². The lowest BCUT2D eigenvalue weighted by molar-refractivity contribution is -0.116. The van der Waals surface area contributed by atoms with Crippen LogP contribution < -0.4 is 5.32 Å². The number of carbonyl (C=O) groups excluding carboxylic acids is 1. The minimum absolute atomic E-state index is 0.146. The SMILES string of the molecule is CCCCN(CC(=O)Nc1ccccc1C)S(C)(=O)=O. The maximum atomic E-state index is 12.0. The van der Waals surface area contributed by atoms with Crippen LogP contribution in [0.3, 0.4) is 0 Å². The molecule has 112 valence electrons. The quantitative estimate of drug-likeness (QED) is 0.837. The third-order valence-electron chi connectivity index (χ3n) is 2.97. The van der Waals surface area contributed by atoms with E-state index in [1.54, 1.807) is 6.07 Å². The Bertz CT molecular complexity index is 555. The molecule has 0 saturated heterocycles. The van der Waals surface area contributed by atoms with Gasteiger partial charge in [-0.2, -0.15) is 4.31 Å². The van der Waals surface area contributed by atoms with Gasteiger partial charge >= 0.3 is 0 Å². The number of para-hydroxylation sites is 1. The topological polar surface area (TPSA) is 66.5 Å². The van der Waals surface area contributed by atoms with E-state index in [2.05, 4.69) is 5.32 Å². The molecule has 0 heterocycles. The zero-order valence-corrected chi connectivity index (χ0v) is 13.0. The number of anilines is 1. The zero-order chi connectivity index (χ0) is 15.2. The van der Waals surface area contributed by atoms with Crippen molar-refractivity contribution in [2.45, 2.75) is 26.7 Å². The van der Waals surface area contributed by atoms with Crippen molar-refractivity contribution in [2.24, 2.45) is 0 Å². The van der Waals surface area contributed by atoms with Gasteiger partial charge in [0, 0.05) is 12.2 Å². The van der Waals surface area contributed by atoms with Crippen LogP contribution >= 0.6 is 0 Å². The van der Waals surface area contributed by atoms with Gasteiger partial charge in [0.05, 0.1) is 12.8 Å². The Morgan fingerprint density at radius 1 is 1.30 bits per heavy atom. The first-order chi connectivity index (χ1) is 9.34. The fourth-order valence-electron chi connectivity index (χ4n) is 1.76. The second-order valence-electron chi connectivity index (χ2n) is 4.81. The van der Waals surface area contributed by atoms with Gasteiger partial charge in [0.25, 0.3) is 0 Å². The van der Waals surface area contributed by atoms with Gasteiger partial charge in [0.1, 0.15) is 0 Å². The van der Waals surface area contributed by atoms with Gasteiger partial charge in [-0.05, 0) is 25.0 Å². The van der Waals surface area contributed by atoms with E-state index in [1.165, 1.54) is 4.31 Å². The predicted molar refractivity (Wildman–Crippen MR) is 81.1 cm³/mol. The number of hydrogen-bond acceptors (Lipinski definition) is 3. The number of benzene rings is 1. The Labute approximate surface area is 121 Å². The smallest absolute Gasteiger partial charge is 0.239 e. The first kappa shape index (κ1) is 16.7. The van der Waals surface area contributed by atoms with Crippen LogP contribution in [0.2, 0.25) is 0 Å². The molecule has 0 saturated carbocycles. The first-order valence-corrected chi connectivity index (χ1v) is 8.50. The van der Waals surface area contributed by atoms with E-state index in [9.17, 15) is 13.2 Å². The van der Waals surface area contributed by atoms with Crippen molar-refractivity contribution in [2.75, 3.05) is 24.7 Å². The zero-order valence-electron chi connectivity index (χ0n) is 12.2. The molecule has 0 aliphatic carbocycles. The molecule has 1 amide bonds. The van der Waals surface area contributed by atoms with Gasteiger partial charge in [-0.3, -0.25) is 4.79 Å². The van der Waals surface area contributed by atoms with Crippen LogP contribution in [0.25, 0.3) is 0 Å². The molecular formula is C14H22N2O3S. The number of nitrogens with zero attached hydrogens (tertiary/aromatic N) is 1. The van der Waals surface area contributed by atoms with E-state index >= 15 is 0 Å². The largest absolute Gasteiger partial charge is 0.325 e. The van der Waals surface area contributed by atoms with Crippen LogP contribution in [0, 0.1) is 6.92 Å². The van der Waals surface area contributed by atoms with Crippen LogP contribution in [0.15, 0.2) is 24.3 Å². The lowest BCUT2D eigenvalue weighted by Gasteiger charge is -2.19. The van der Waals surface area contributed by atoms with E-state index < -0.39 is 10.0 Å². The first-order valence-electron chi connectivity index (χ1n) is 6.65. The fraction of sp³-hybridized carbons (Fsp3) is 0.500. The maximum absolute atomic E-state index is 12.0. The highest BCUT2D eigenvalue weighted by Gasteiger charge is 2.19. The molecule has 0 bridgehead atoms. The molecule has 0 fully saturated rings. The molecule has 6 heteroatoms. The highest BCUT2D eigenvalue weighted by atomic mass is 32.2. The number of amides is 1. The van der Waals surface area contributed by atoms with E-state index in [0.717, 1.165) is 24.7 Å². The van der Waals surface area contributed by atoms with Gasteiger partial charge in [-0.1, -0.05) is 31.5 Å². The standard InChI is InChI=1S/C14H22N2O3S/c1-4-5-10-16(20(3,18)19)11-14(17)15-13-9-7-6-8-12(13)2/h6-9H,4-5,10-11H2,1-3H3,(H,15,17). The lowest BCUT2D eigenvalue weighted by atomic mass is 10.2. The van der Waals surface area contributed by atoms with Crippen LogP contribution in [-0.2, 0) is 14.8 Å². The molecule has 0 aromatic heterocycles. The Hall–Kier alpha value is -1.40. The summed E-state index contributed by atoms with van der Waals surface area (Å²) < 4.78 is 24.5. The molecule has 0 spiro atoms. The van der Waals surface area contributed by atoms with Crippen molar-refractivity contribution >= 4 is 21.6 Å². The Morgan fingerprint density at radius 3 is 2.50 bits per heavy atom. The summed E-state index contributed by atoms with van der Waals surface area (Å²) in [4.78, 5) is 12.0. The third kappa shape index (κ3) is 5.30. The molecule has 0 atom stereocenters. The molecule has 0 radical (unpaired) electrons. The average Bonchev–Trinajstić information content (AvgIpc) is 2.36. The summed E-state index contributed by atoms with van der Waals surface area (Å²) in [7, 11) is -3.36. The molecule has 5 nitrogen and oxygen atoms in total. The highest BCUT2D eigenvalue weighted by molar-refractivity contribution is 7.88. The predicted octanol–water partition coefficient (Wildman–Crippen LogP) is 2.00. The van der Waals surface area contributed by atoms with Gasteiger partial charge in [0.15, 0.2) is 0 Å². The van der Waals surface area contributed by atoms with Crippen LogP contribution in [0.5, 0.6) is 0 Å². The van der Waals surface area contributed by atoms with E-state index in [4.69, 9.17) is 0 Å². The number of sulfonamides is 1. The molecule has 0 aliphatic heterocycles. The van der Waals surface area contributed by atoms with E-state index in [1.807, 2.05) is 32.0 Å². The molecule has 20 heavy (non-hydrogen) atoms. The van der Waals surface area contributed by atoms with Crippen molar-refractivity contribution in [3.8, 4) is 0 Å². The molecule has 1 aromatic rings. The number of unbranched alkanes of at least 4 members (excludes halogenated alkanes) is 1. The number of carbonyl (C=O) groups is 1. The number of aryl methyl sites for hydroxylation is 1. The van der Waals surface area contributed by atoms with E-state index in [0.29, 0.717) is 12.2 Å². The van der Waals surface area contributed by atoms with Gasteiger partial charge in [-0.25, -0.2) is 8.42 Å². The summed E-state index contributed by atoms with van der Waals surface area (Å²) in [6, 6.07) is 7.40. The van der Waals surface area contributed by atoms with Gasteiger partial charge in [0.2, 0.25) is 15.9 Å². The molecule has 1 N–H and O–H groups in total. The van der Waals surface area contributed by atoms with Crippen molar-refractivity contribution in [3.05, 3.63) is 29.8 Å². The highest BCUT2D eigenvalue weighted by Crippen LogP contribution is 2.13. The Kier molecular flexibility index (Phi) is 6.16. The van der Waals surface area contributed by atoms with Crippen LogP contribution in [-0.4, -0.2) is 38.0 Å². The average molecular weight is 298 g/mol. The lowest BCUT2D eigenvalue weighted by Crippen LogP contribution is -2.38. The minimum atomic E-state index is -3.36. The van der Waals surface area contributed by atoms with Gasteiger partial charge < -0.3 is 5.32 Å². The summed E-state index contributed by atoms with van der Waals surface area (Å²) >= 11 is 0. The molecule has 0 unspecified atom stereocenters. The summed E-state index contributed by atoms with van der Waals surface area (Å²) in [5, 5.41) is 2.74. The Morgan fingerprint density at radius 2 is 1.95 bits per heavy atom. The molecule has 0 aliphatic rings. The molecule has 1 aromatic carbocycles. The monoisotopic (exact) mass is 298 g/mol. The van der Waals surface area contributed by atoms with Crippen molar-refractivity contribution in [3.63, 3.8) is 0 Å². The molecular weight excluding hydrogens is 276 g/mol. The second-order valence-corrected chi connectivity index (χ2v) is 6.80. The van der Waals surface area contributed by atoms with Crippen LogP contribution in [0.4, 0.5) is 5.69 Å². The van der Waals surface area contributed by atoms with E-state index in [-0.39, 0.29) is 12.5 Å². The third-order valence-corrected chi connectivity index (χ3v) is 4.22. The molecule has 1 rings (SSSR count). The Balaban J connectivity index is 2.69. The summed E-state index contributed by atoms with van der Waals surface area (Å²) in [6.07, 6.45) is 2.75. The summed E-state index contributed by atoms with van der Waals surface area (Å²) in [5.41, 5.74) is 1.65. The van der Waals surface area contributed by atoms with Crippen molar-refractivity contribution in [1.29, 1.82) is 0 Å². The summed E-state index contributed by atoms with van der Waals surface area (Å²) in [5.74, 6) is -0.319. The normalized spacial score (nSPS) is 11.6. The summed E-state index contributed by atoms with van der Waals surface area (Å²) in [6.45, 7) is 4.10. The fourth-order valence-corrected chi connectivity index (χ4v) is 2.57. The number of rotatable bonds is 7.